The zero-order chi connectivity index (χ0) is 22.5. The molecule has 0 saturated carbocycles. The van der Waals surface area contributed by atoms with Crippen LogP contribution in [0.25, 0.3) is 0 Å². The Bertz CT molecular complexity index is 420. The Morgan fingerprint density at radius 1 is 0.806 bits per heavy atom. The molecule has 1 atom stereocenters. The highest BCUT2D eigenvalue weighted by atomic mass is 35.5. The van der Waals surface area contributed by atoms with E-state index >= 15 is 0 Å². The van der Waals surface area contributed by atoms with Crippen LogP contribution in [0, 0.1) is 0 Å². The van der Waals surface area contributed by atoms with Crippen molar-refractivity contribution in [2.24, 2.45) is 0 Å². The van der Waals surface area contributed by atoms with Gasteiger partial charge >= 0.3 is 11.9 Å². The number of nitrogens with zero attached hydrogens (tertiary/aromatic N) is 1. The van der Waals surface area contributed by atoms with Crippen molar-refractivity contribution in [1.82, 2.24) is 4.90 Å². The predicted octanol–water partition coefficient (Wildman–Crippen LogP) is 7.01. The van der Waals surface area contributed by atoms with Crippen molar-refractivity contribution < 1.29 is 19.4 Å². The van der Waals surface area contributed by atoms with Crippen molar-refractivity contribution in [3.8, 4) is 0 Å². The fraction of sp³-hybridized carbons (Fsp3) is 0.920. The van der Waals surface area contributed by atoms with Gasteiger partial charge in [0.1, 0.15) is 6.10 Å². The van der Waals surface area contributed by atoms with Crippen molar-refractivity contribution in [2.45, 2.75) is 129 Å². The summed E-state index contributed by atoms with van der Waals surface area (Å²) >= 11 is 0. The van der Waals surface area contributed by atoms with Crippen LogP contribution in [0.1, 0.15) is 123 Å². The Balaban J connectivity index is 0. The SMILES string of the molecule is CCCCCCCCCCCCCCCCC(CN(C)CCCC(=O)O)OC(C)=O.Cl. The zero-order valence-electron chi connectivity index (χ0n) is 20.5. The second-order valence-electron chi connectivity index (χ2n) is 8.88. The van der Waals surface area contributed by atoms with Crippen LogP contribution in [0.15, 0.2) is 0 Å². The number of hydrogen-bond donors (Lipinski definition) is 1. The summed E-state index contributed by atoms with van der Waals surface area (Å²) in [5.74, 6) is -0.994. The highest BCUT2D eigenvalue weighted by Gasteiger charge is 2.14. The number of esters is 1. The van der Waals surface area contributed by atoms with Crippen molar-refractivity contribution in [3.05, 3.63) is 0 Å². The van der Waals surface area contributed by atoms with Crippen LogP contribution >= 0.6 is 12.4 Å². The van der Waals surface area contributed by atoms with E-state index in [2.05, 4.69) is 11.8 Å². The van der Waals surface area contributed by atoms with E-state index in [0.29, 0.717) is 19.5 Å². The van der Waals surface area contributed by atoms with Crippen LogP contribution in [0.2, 0.25) is 0 Å². The molecule has 0 aliphatic rings. The van der Waals surface area contributed by atoms with Gasteiger partial charge in [-0.3, -0.25) is 9.59 Å². The first-order valence-electron chi connectivity index (χ1n) is 12.5. The maximum atomic E-state index is 11.4. The van der Waals surface area contributed by atoms with Crippen molar-refractivity contribution >= 4 is 24.3 Å². The quantitative estimate of drug-likeness (QED) is 0.138. The Labute approximate surface area is 198 Å². The largest absolute Gasteiger partial charge is 0.481 e. The second kappa shape index (κ2) is 23.8. The van der Waals surface area contributed by atoms with E-state index in [1.807, 2.05) is 7.05 Å². The Morgan fingerprint density at radius 3 is 1.68 bits per heavy atom. The normalized spacial score (nSPS) is 11.9. The lowest BCUT2D eigenvalue weighted by atomic mass is 10.0. The van der Waals surface area contributed by atoms with Gasteiger partial charge in [-0.25, -0.2) is 0 Å². The van der Waals surface area contributed by atoms with E-state index in [1.165, 1.54) is 90.4 Å². The summed E-state index contributed by atoms with van der Waals surface area (Å²) in [6.45, 7) is 5.12. The third kappa shape index (κ3) is 25.3. The van der Waals surface area contributed by atoms with E-state index in [0.717, 1.165) is 12.8 Å². The number of likely N-dealkylation sites (N-methyl/N-ethyl adjacent to an activating group) is 1. The minimum atomic E-state index is -0.762. The van der Waals surface area contributed by atoms with Crippen LogP contribution in [-0.2, 0) is 14.3 Å². The molecule has 0 bridgehead atoms. The molecule has 0 rings (SSSR count). The maximum Gasteiger partial charge on any atom is 0.303 e. The van der Waals surface area contributed by atoms with Gasteiger partial charge in [0, 0.05) is 19.9 Å². The third-order valence-corrected chi connectivity index (χ3v) is 5.66. The predicted molar refractivity (Wildman–Crippen MR) is 132 cm³/mol. The van der Waals surface area contributed by atoms with Gasteiger partial charge in [-0.2, -0.15) is 0 Å². The average molecular weight is 464 g/mol. The van der Waals surface area contributed by atoms with E-state index < -0.39 is 5.97 Å². The minimum Gasteiger partial charge on any atom is -0.481 e. The number of halogens is 1. The molecule has 1 unspecified atom stereocenters. The fourth-order valence-corrected chi connectivity index (χ4v) is 3.93. The molecule has 0 aliphatic carbocycles. The van der Waals surface area contributed by atoms with Gasteiger partial charge in [-0.05, 0) is 32.9 Å². The molecule has 31 heavy (non-hydrogen) atoms. The number of carbonyl (C=O) groups excluding carboxylic acids is 1. The van der Waals surface area contributed by atoms with E-state index in [-0.39, 0.29) is 30.9 Å². The molecule has 0 radical (unpaired) electrons. The Hall–Kier alpha value is -0.810. The maximum absolute atomic E-state index is 11.4. The van der Waals surface area contributed by atoms with Gasteiger partial charge in [0.15, 0.2) is 0 Å². The molecule has 0 amide bonds. The summed E-state index contributed by atoms with van der Waals surface area (Å²) < 4.78 is 5.46. The number of ether oxygens (including phenoxy) is 1. The first-order chi connectivity index (χ1) is 14.5. The van der Waals surface area contributed by atoms with Crippen LogP contribution in [0.5, 0.6) is 0 Å². The molecule has 0 fully saturated rings. The van der Waals surface area contributed by atoms with E-state index in [1.54, 1.807) is 0 Å². The molecule has 0 heterocycles. The minimum absolute atomic E-state index is 0. The number of unbranched alkanes of at least 4 members (excludes halogenated alkanes) is 13. The topological polar surface area (TPSA) is 66.8 Å². The lowest BCUT2D eigenvalue weighted by Crippen LogP contribution is -2.33. The van der Waals surface area contributed by atoms with Crippen molar-refractivity contribution in [1.29, 1.82) is 0 Å². The van der Waals surface area contributed by atoms with Gasteiger partial charge in [0.05, 0.1) is 0 Å². The number of carboxylic acid groups (broad SMARTS) is 1. The Kier molecular flexibility index (Phi) is 24.9. The number of rotatable bonds is 22. The van der Waals surface area contributed by atoms with Gasteiger partial charge in [-0.1, -0.05) is 90.4 Å². The second-order valence-corrected chi connectivity index (χ2v) is 8.88. The first-order valence-corrected chi connectivity index (χ1v) is 12.5. The molecule has 0 aromatic carbocycles. The van der Waals surface area contributed by atoms with E-state index in [9.17, 15) is 9.59 Å². The fourth-order valence-electron chi connectivity index (χ4n) is 3.93. The molecular weight excluding hydrogens is 414 g/mol. The smallest absolute Gasteiger partial charge is 0.303 e. The van der Waals surface area contributed by atoms with Crippen LogP contribution in [0.4, 0.5) is 0 Å². The number of aliphatic carboxylic acids is 1. The highest BCUT2D eigenvalue weighted by Crippen LogP contribution is 2.15. The third-order valence-electron chi connectivity index (χ3n) is 5.66. The lowest BCUT2D eigenvalue weighted by Gasteiger charge is -2.23. The summed E-state index contributed by atoms with van der Waals surface area (Å²) in [6.07, 6.45) is 20.3. The molecule has 0 spiro atoms. The number of carbonyl (C=O) groups is 2. The molecule has 0 aromatic heterocycles. The zero-order valence-corrected chi connectivity index (χ0v) is 21.4. The van der Waals surface area contributed by atoms with Crippen molar-refractivity contribution in [3.63, 3.8) is 0 Å². The van der Waals surface area contributed by atoms with Crippen LogP contribution in [0.3, 0.4) is 0 Å². The van der Waals surface area contributed by atoms with Crippen LogP contribution in [-0.4, -0.2) is 48.2 Å². The molecule has 0 aliphatic heterocycles. The monoisotopic (exact) mass is 463 g/mol. The van der Waals surface area contributed by atoms with Crippen LogP contribution < -0.4 is 0 Å². The van der Waals surface area contributed by atoms with Gasteiger partial charge in [0.2, 0.25) is 0 Å². The molecule has 5 nitrogen and oxygen atoms in total. The molecule has 0 saturated heterocycles. The van der Waals surface area contributed by atoms with Gasteiger partial charge < -0.3 is 14.7 Å². The summed E-state index contributed by atoms with van der Waals surface area (Å²) in [5.41, 5.74) is 0. The summed E-state index contributed by atoms with van der Waals surface area (Å²) in [4.78, 5) is 24.1. The molecule has 1 N–H and O–H groups in total. The standard InChI is InChI=1S/C25H49NO4.ClH/c1-4-5-6-7-8-9-10-11-12-13-14-15-16-17-19-24(30-23(2)27)22-26(3)21-18-20-25(28)29;/h24H,4-22H2,1-3H3,(H,28,29);1H. The first kappa shape index (κ1) is 32.4. The van der Waals surface area contributed by atoms with E-state index in [4.69, 9.17) is 9.84 Å². The lowest BCUT2D eigenvalue weighted by molar-refractivity contribution is -0.147. The molecule has 6 heteroatoms. The van der Waals surface area contributed by atoms with Crippen molar-refractivity contribution in [2.75, 3.05) is 20.1 Å². The summed E-state index contributed by atoms with van der Waals surface area (Å²) in [6, 6.07) is 0. The molecular formula is C25H50ClNO4. The Morgan fingerprint density at radius 2 is 1.26 bits per heavy atom. The average Bonchev–Trinajstić information content (AvgIpc) is 2.67. The number of carboxylic acids is 1. The molecule has 186 valence electrons. The molecule has 0 aromatic rings. The highest BCUT2D eigenvalue weighted by molar-refractivity contribution is 5.85. The van der Waals surface area contributed by atoms with Gasteiger partial charge in [-0.15, -0.1) is 12.4 Å². The number of hydrogen-bond acceptors (Lipinski definition) is 4. The summed E-state index contributed by atoms with van der Waals surface area (Å²) in [7, 11) is 1.96. The van der Waals surface area contributed by atoms with Gasteiger partial charge in [0.25, 0.3) is 0 Å². The summed E-state index contributed by atoms with van der Waals surface area (Å²) in [5, 5.41) is 8.73.